The number of thiazole rings is 1. The minimum Gasteiger partial charge on any atom is -0.327 e. The first-order chi connectivity index (χ1) is 10.3. The molecule has 110 valence electrons. The van der Waals surface area contributed by atoms with Gasteiger partial charge in [-0.2, -0.15) is 10.1 Å². The van der Waals surface area contributed by atoms with Gasteiger partial charge in [0.05, 0.1) is 11.4 Å². The first-order valence-corrected chi connectivity index (χ1v) is 8.40. The third kappa shape index (κ3) is 2.28. The first-order valence-electron chi connectivity index (χ1n) is 7.52. The van der Waals surface area contributed by atoms with Gasteiger partial charge in [0, 0.05) is 36.2 Å². The number of fused-ring (bicyclic) bond motifs is 1. The Bertz CT molecular complexity index is 764. The molecule has 4 rings (SSSR count). The van der Waals surface area contributed by atoms with E-state index in [9.17, 15) is 0 Å². The zero-order chi connectivity index (χ0) is 14.4. The summed E-state index contributed by atoms with van der Waals surface area (Å²) in [5, 5.41) is 6.78. The van der Waals surface area contributed by atoms with Gasteiger partial charge in [-0.1, -0.05) is 6.92 Å². The standard InChI is InChI=1S/C15H19N5S/c1-2-11(16)9-13-14(17-15-19(13)7-8-21-15)20-6-5-12(18-20)10-3-4-10/h5-8,10-11H,2-4,9,16H2,1H3. The van der Waals surface area contributed by atoms with E-state index < -0.39 is 0 Å². The predicted molar refractivity (Wildman–Crippen MR) is 84.1 cm³/mol. The summed E-state index contributed by atoms with van der Waals surface area (Å²) in [5.41, 5.74) is 8.52. The van der Waals surface area contributed by atoms with E-state index in [1.807, 2.05) is 10.9 Å². The second kappa shape index (κ2) is 4.96. The highest BCUT2D eigenvalue weighted by atomic mass is 32.1. The molecule has 1 aliphatic rings. The minimum atomic E-state index is 0.155. The third-order valence-corrected chi connectivity index (χ3v) is 4.90. The predicted octanol–water partition coefficient (Wildman–Crippen LogP) is 2.74. The Morgan fingerprint density at radius 3 is 3.05 bits per heavy atom. The summed E-state index contributed by atoms with van der Waals surface area (Å²) in [7, 11) is 0. The summed E-state index contributed by atoms with van der Waals surface area (Å²) in [5.74, 6) is 1.59. The Labute approximate surface area is 127 Å². The average Bonchev–Trinajstić information content (AvgIpc) is 2.92. The van der Waals surface area contributed by atoms with Crippen LogP contribution in [0.1, 0.15) is 43.5 Å². The number of aromatic nitrogens is 4. The summed E-state index contributed by atoms with van der Waals surface area (Å²) in [6, 6.07) is 2.27. The second-order valence-electron chi connectivity index (χ2n) is 5.77. The largest absolute Gasteiger partial charge is 0.327 e. The van der Waals surface area contributed by atoms with E-state index in [-0.39, 0.29) is 6.04 Å². The van der Waals surface area contributed by atoms with Gasteiger partial charge < -0.3 is 5.73 Å². The fourth-order valence-electron chi connectivity index (χ4n) is 2.64. The highest BCUT2D eigenvalue weighted by Gasteiger charge is 2.26. The minimum absolute atomic E-state index is 0.155. The molecular weight excluding hydrogens is 282 g/mol. The molecule has 1 atom stereocenters. The highest BCUT2D eigenvalue weighted by Crippen LogP contribution is 2.39. The van der Waals surface area contributed by atoms with Crippen molar-refractivity contribution in [3.05, 3.63) is 35.2 Å². The lowest BCUT2D eigenvalue weighted by Crippen LogP contribution is -2.23. The molecule has 0 saturated heterocycles. The van der Waals surface area contributed by atoms with E-state index in [4.69, 9.17) is 15.8 Å². The van der Waals surface area contributed by atoms with Crippen LogP contribution in [0.4, 0.5) is 0 Å². The van der Waals surface area contributed by atoms with Crippen LogP contribution in [0.25, 0.3) is 10.8 Å². The normalized spacial score (nSPS) is 16.7. The maximum atomic E-state index is 6.17. The molecule has 0 aliphatic heterocycles. The lowest BCUT2D eigenvalue weighted by molar-refractivity contribution is 0.629. The molecule has 0 bridgehead atoms. The third-order valence-electron chi connectivity index (χ3n) is 4.14. The molecule has 0 aromatic carbocycles. The van der Waals surface area contributed by atoms with Crippen LogP contribution in [0, 0.1) is 0 Å². The molecular formula is C15H19N5S. The Morgan fingerprint density at radius 2 is 2.29 bits per heavy atom. The molecule has 21 heavy (non-hydrogen) atoms. The van der Waals surface area contributed by atoms with E-state index in [0.717, 1.165) is 29.3 Å². The number of hydrogen-bond donors (Lipinski definition) is 1. The molecule has 1 saturated carbocycles. The molecule has 3 aromatic heterocycles. The van der Waals surface area contributed by atoms with Crippen molar-refractivity contribution in [3.63, 3.8) is 0 Å². The zero-order valence-electron chi connectivity index (χ0n) is 12.1. The lowest BCUT2D eigenvalue weighted by Gasteiger charge is -2.09. The number of rotatable bonds is 5. The molecule has 0 radical (unpaired) electrons. The molecule has 3 heterocycles. The first kappa shape index (κ1) is 13.0. The molecule has 1 unspecified atom stereocenters. The molecule has 0 amide bonds. The number of imidazole rings is 1. The number of hydrogen-bond acceptors (Lipinski definition) is 4. The monoisotopic (exact) mass is 301 g/mol. The quantitative estimate of drug-likeness (QED) is 0.788. The van der Waals surface area contributed by atoms with E-state index in [0.29, 0.717) is 5.92 Å². The Hall–Kier alpha value is -1.66. The molecule has 1 fully saturated rings. The van der Waals surface area contributed by atoms with Gasteiger partial charge in [0.25, 0.3) is 0 Å². The van der Waals surface area contributed by atoms with Gasteiger partial charge in [-0.05, 0) is 25.3 Å². The topological polar surface area (TPSA) is 61.1 Å². The molecule has 3 aromatic rings. The second-order valence-corrected chi connectivity index (χ2v) is 6.64. The fraction of sp³-hybridized carbons (Fsp3) is 0.467. The van der Waals surface area contributed by atoms with Gasteiger partial charge in [0.1, 0.15) is 0 Å². The van der Waals surface area contributed by atoms with E-state index in [2.05, 4.69) is 29.0 Å². The van der Waals surface area contributed by atoms with Crippen molar-refractivity contribution in [2.24, 2.45) is 5.73 Å². The van der Waals surface area contributed by atoms with Gasteiger partial charge in [0.2, 0.25) is 0 Å². The molecule has 2 N–H and O–H groups in total. The highest BCUT2D eigenvalue weighted by molar-refractivity contribution is 7.15. The van der Waals surface area contributed by atoms with Gasteiger partial charge in [0.15, 0.2) is 10.8 Å². The van der Waals surface area contributed by atoms with Crippen molar-refractivity contribution in [3.8, 4) is 5.82 Å². The van der Waals surface area contributed by atoms with Crippen molar-refractivity contribution >= 4 is 16.3 Å². The van der Waals surface area contributed by atoms with Crippen molar-refractivity contribution in [2.75, 3.05) is 0 Å². The zero-order valence-corrected chi connectivity index (χ0v) is 12.9. The lowest BCUT2D eigenvalue weighted by atomic mass is 10.1. The average molecular weight is 301 g/mol. The van der Waals surface area contributed by atoms with Gasteiger partial charge >= 0.3 is 0 Å². The van der Waals surface area contributed by atoms with Crippen molar-refractivity contribution < 1.29 is 0 Å². The fourth-order valence-corrected chi connectivity index (χ4v) is 3.37. The van der Waals surface area contributed by atoms with Gasteiger partial charge in [-0.3, -0.25) is 4.40 Å². The van der Waals surface area contributed by atoms with E-state index in [1.54, 1.807) is 11.3 Å². The summed E-state index contributed by atoms with van der Waals surface area (Å²) < 4.78 is 4.07. The smallest absolute Gasteiger partial charge is 0.195 e. The van der Waals surface area contributed by atoms with Crippen LogP contribution in [-0.2, 0) is 6.42 Å². The van der Waals surface area contributed by atoms with Crippen molar-refractivity contribution in [1.29, 1.82) is 0 Å². The maximum Gasteiger partial charge on any atom is 0.195 e. The van der Waals surface area contributed by atoms with Crippen LogP contribution < -0.4 is 5.73 Å². The van der Waals surface area contributed by atoms with Crippen LogP contribution in [0.5, 0.6) is 0 Å². The van der Waals surface area contributed by atoms with E-state index in [1.165, 1.54) is 18.5 Å². The molecule has 5 nitrogen and oxygen atoms in total. The maximum absolute atomic E-state index is 6.17. The summed E-state index contributed by atoms with van der Waals surface area (Å²) >= 11 is 1.65. The van der Waals surface area contributed by atoms with Crippen LogP contribution in [-0.4, -0.2) is 25.2 Å². The SMILES string of the molecule is CCC(N)Cc1c(-n2ccc(C3CC3)n2)nc2sccn12. The van der Waals surface area contributed by atoms with Crippen LogP contribution >= 0.6 is 11.3 Å². The Morgan fingerprint density at radius 1 is 1.43 bits per heavy atom. The van der Waals surface area contributed by atoms with Gasteiger partial charge in [-0.25, -0.2) is 4.68 Å². The van der Waals surface area contributed by atoms with Gasteiger partial charge in [-0.15, -0.1) is 11.3 Å². The molecule has 0 spiro atoms. The van der Waals surface area contributed by atoms with Crippen LogP contribution in [0.2, 0.25) is 0 Å². The number of nitrogens with zero attached hydrogens (tertiary/aromatic N) is 4. The van der Waals surface area contributed by atoms with Crippen molar-refractivity contribution in [1.82, 2.24) is 19.2 Å². The molecule has 1 aliphatic carbocycles. The number of nitrogens with two attached hydrogens (primary N) is 1. The van der Waals surface area contributed by atoms with E-state index >= 15 is 0 Å². The Kier molecular flexibility index (Phi) is 3.08. The van der Waals surface area contributed by atoms with Crippen LogP contribution in [0.3, 0.4) is 0 Å². The van der Waals surface area contributed by atoms with Crippen molar-refractivity contribution in [2.45, 2.75) is 44.6 Å². The summed E-state index contributed by atoms with van der Waals surface area (Å²) in [6.07, 6.45) is 8.41. The molecule has 6 heteroatoms. The van der Waals surface area contributed by atoms with Crippen LogP contribution in [0.15, 0.2) is 23.8 Å². The summed E-state index contributed by atoms with van der Waals surface area (Å²) in [6.45, 7) is 2.12. The Balaban J connectivity index is 1.78. The summed E-state index contributed by atoms with van der Waals surface area (Å²) in [4.78, 5) is 5.76.